The first-order valence-electron chi connectivity index (χ1n) is 5.15. The van der Waals surface area contributed by atoms with E-state index in [1.807, 2.05) is 4.72 Å². The van der Waals surface area contributed by atoms with Gasteiger partial charge in [-0.15, -0.1) is 0 Å². The molecule has 0 aromatic heterocycles. The molecule has 1 atom stereocenters. The second-order valence-electron chi connectivity index (χ2n) is 4.03. The lowest BCUT2D eigenvalue weighted by Crippen LogP contribution is -2.36. The first kappa shape index (κ1) is 16.3. The highest BCUT2D eigenvalue weighted by Gasteiger charge is 2.32. The van der Waals surface area contributed by atoms with Crippen molar-refractivity contribution in [2.45, 2.75) is 30.5 Å². The van der Waals surface area contributed by atoms with Crippen molar-refractivity contribution in [3.8, 4) is 0 Å². The van der Waals surface area contributed by atoms with Gasteiger partial charge in [0, 0.05) is 16.2 Å². The molecular weight excluding hydrogens is 349 g/mol. The van der Waals surface area contributed by atoms with Crippen molar-refractivity contribution >= 4 is 31.6 Å². The maximum Gasteiger partial charge on any atom is 0.390 e. The minimum absolute atomic E-state index is 0.193. The number of hydrogen-bond donors (Lipinski definition) is 2. The van der Waals surface area contributed by atoms with Crippen LogP contribution >= 0.6 is 15.9 Å². The number of alkyl halides is 3. The molecule has 0 saturated carbocycles. The van der Waals surface area contributed by atoms with Gasteiger partial charge >= 0.3 is 6.18 Å². The Morgan fingerprint density at radius 3 is 2.53 bits per heavy atom. The summed E-state index contributed by atoms with van der Waals surface area (Å²) < 4.78 is 62.6. The Morgan fingerprint density at radius 1 is 1.42 bits per heavy atom. The molecule has 0 bridgehead atoms. The average Bonchev–Trinajstić information content (AvgIpc) is 2.17. The van der Waals surface area contributed by atoms with Crippen LogP contribution in [0.5, 0.6) is 0 Å². The Labute approximate surface area is 117 Å². The summed E-state index contributed by atoms with van der Waals surface area (Å²) in [5.41, 5.74) is 5.66. The summed E-state index contributed by atoms with van der Waals surface area (Å²) in [6.07, 6.45) is -5.68. The summed E-state index contributed by atoms with van der Waals surface area (Å²) in [6.45, 7) is 1.14. The van der Waals surface area contributed by atoms with E-state index < -0.39 is 28.7 Å². The first-order valence-corrected chi connectivity index (χ1v) is 7.43. The number of nitrogens with two attached hydrogens (primary N) is 1. The van der Waals surface area contributed by atoms with E-state index in [9.17, 15) is 21.6 Å². The van der Waals surface area contributed by atoms with Crippen LogP contribution in [0.2, 0.25) is 0 Å². The molecule has 4 nitrogen and oxygen atoms in total. The molecule has 0 aliphatic heterocycles. The number of sulfonamides is 1. The molecule has 0 heterocycles. The maximum atomic E-state index is 12.2. The fourth-order valence-corrected chi connectivity index (χ4v) is 3.69. The van der Waals surface area contributed by atoms with Crippen molar-refractivity contribution in [1.82, 2.24) is 4.72 Å². The number of nitrogens with one attached hydrogen (secondary N) is 1. The van der Waals surface area contributed by atoms with Crippen molar-refractivity contribution in [3.63, 3.8) is 0 Å². The largest absolute Gasteiger partial charge is 0.399 e. The molecule has 0 fully saturated rings. The predicted molar refractivity (Wildman–Crippen MR) is 69.0 cm³/mol. The molecule has 0 saturated heterocycles. The Hall–Kier alpha value is -0.800. The van der Waals surface area contributed by atoms with Crippen LogP contribution in [0.25, 0.3) is 0 Å². The van der Waals surface area contributed by atoms with Crippen LogP contribution in [-0.4, -0.2) is 20.6 Å². The van der Waals surface area contributed by atoms with Crippen LogP contribution in [-0.2, 0) is 10.0 Å². The molecule has 1 unspecified atom stereocenters. The van der Waals surface area contributed by atoms with E-state index in [0.717, 1.165) is 6.92 Å². The van der Waals surface area contributed by atoms with Gasteiger partial charge < -0.3 is 5.73 Å². The van der Waals surface area contributed by atoms with E-state index in [1.165, 1.54) is 18.2 Å². The maximum absolute atomic E-state index is 12.2. The van der Waals surface area contributed by atoms with Gasteiger partial charge in [-0.3, -0.25) is 0 Å². The van der Waals surface area contributed by atoms with Gasteiger partial charge in [0.05, 0.1) is 11.3 Å². The van der Waals surface area contributed by atoms with Crippen molar-refractivity contribution < 1.29 is 21.6 Å². The molecule has 9 heteroatoms. The molecule has 0 radical (unpaired) electrons. The Kier molecular flexibility index (Phi) is 4.86. The number of hydrogen-bond acceptors (Lipinski definition) is 3. The number of nitrogen functional groups attached to an aromatic ring is 1. The lowest BCUT2D eigenvalue weighted by atomic mass is 10.2. The highest BCUT2D eigenvalue weighted by Crippen LogP contribution is 2.26. The van der Waals surface area contributed by atoms with Crippen LogP contribution in [0, 0.1) is 0 Å². The zero-order valence-corrected chi connectivity index (χ0v) is 12.2. The van der Waals surface area contributed by atoms with E-state index in [2.05, 4.69) is 15.9 Å². The monoisotopic (exact) mass is 360 g/mol. The fourth-order valence-electron chi connectivity index (χ4n) is 1.44. The zero-order chi connectivity index (χ0) is 14.8. The molecular formula is C10H12BrF3N2O2S. The topological polar surface area (TPSA) is 72.2 Å². The van der Waals surface area contributed by atoms with Crippen LogP contribution in [0.3, 0.4) is 0 Å². The van der Waals surface area contributed by atoms with E-state index in [-0.39, 0.29) is 15.1 Å². The smallest absolute Gasteiger partial charge is 0.390 e. The summed E-state index contributed by atoms with van der Waals surface area (Å²) in [6, 6.07) is 2.80. The zero-order valence-electron chi connectivity index (χ0n) is 9.83. The second-order valence-corrected chi connectivity index (χ2v) is 6.57. The van der Waals surface area contributed by atoms with Crippen molar-refractivity contribution in [3.05, 3.63) is 22.7 Å². The summed E-state index contributed by atoms with van der Waals surface area (Å²) in [4.78, 5) is -0.193. The Bertz CT molecular complexity index is 560. The minimum Gasteiger partial charge on any atom is -0.399 e. The summed E-state index contributed by atoms with van der Waals surface area (Å²) in [5, 5.41) is 0. The Morgan fingerprint density at radius 2 is 2.00 bits per heavy atom. The summed E-state index contributed by atoms with van der Waals surface area (Å²) in [7, 11) is -4.06. The third-order valence-corrected chi connectivity index (χ3v) is 4.72. The van der Waals surface area contributed by atoms with Gasteiger partial charge in [0.15, 0.2) is 0 Å². The molecule has 3 N–H and O–H groups in total. The van der Waals surface area contributed by atoms with Crippen LogP contribution in [0.15, 0.2) is 27.6 Å². The summed E-state index contributed by atoms with van der Waals surface area (Å²) >= 11 is 3.02. The van der Waals surface area contributed by atoms with Gasteiger partial charge in [-0.1, -0.05) is 0 Å². The van der Waals surface area contributed by atoms with Gasteiger partial charge in [0.1, 0.15) is 0 Å². The molecule has 1 aromatic rings. The van der Waals surface area contributed by atoms with Crippen LogP contribution in [0.4, 0.5) is 18.9 Å². The molecule has 0 spiro atoms. The van der Waals surface area contributed by atoms with Gasteiger partial charge in [-0.05, 0) is 41.1 Å². The minimum atomic E-state index is -4.44. The molecule has 1 rings (SSSR count). The van der Waals surface area contributed by atoms with Gasteiger partial charge in [0.25, 0.3) is 0 Å². The predicted octanol–water partition coefficient (Wildman–Crippen LogP) is 2.65. The quantitative estimate of drug-likeness (QED) is 0.810. The average molecular weight is 361 g/mol. The van der Waals surface area contributed by atoms with Gasteiger partial charge in [-0.2, -0.15) is 13.2 Å². The van der Waals surface area contributed by atoms with Crippen LogP contribution in [0.1, 0.15) is 13.3 Å². The third-order valence-electron chi connectivity index (χ3n) is 2.14. The molecule has 0 aliphatic carbocycles. The van der Waals surface area contributed by atoms with Crippen molar-refractivity contribution in [2.75, 3.05) is 5.73 Å². The molecule has 0 aliphatic rings. The Balaban J connectivity index is 2.96. The second kappa shape index (κ2) is 5.68. The van der Waals surface area contributed by atoms with E-state index in [0.29, 0.717) is 0 Å². The number of benzene rings is 1. The van der Waals surface area contributed by atoms with Crippen molar-refractivity contribution in [2.24, 2.45) is 0 Å². The van der Waals surface area contributed by atoms with E-state index in [4.69, 9.17) is 5.73 Å². The van der Waals surface area contributed by atoms with Gasteiger partial charge in [0.2, 0.25) is 10.0 Å². The molecule has 0 amide bonds. The normalized spacial score (nSPS) is 14.4. The highest BCUT2D eigenvalue weighted by molar-refractivity contribution is 9.10. The summed E-state index contributed by atoms with van der Waals surface area (Å²) in [5.74, 6) is 0. The SMILES string of the molecule is CC(CC(F)(F)F)NS(=O)(=O)c1cc(N)ccc1Br. The lowest BCUT2D eigenvalue weighted by Gasteiger charge is -2.16. The standard InChI is InChI=1S/C10H12BrF3N2O2S/c1-6(5-10(12,13)14)16-19(17,18)9-4-7(15)2-3-8(9)11/h2-4,6,16H,5,15H2,1H3. The molecule has 1 aromatic carbocycles. The van der Waals surface area contributed by atoms with Crippen molar-refractivity contribution in [1.29, 1.82) is 0 Å². The molecule has 108 valence electrons. The molecule has 19 heavy (non-hydrogen) atoms. The lowest BCUT2D eigenvalue weighted by molar-refractivity contribution is -0.137. The van der Waals surface area contributed by atoms with Crippen LogP contribution < -0.4 is 10.5 Å². The van der Waals surface area contributed by atoms with E-state index >= 15 is 0 Å². The first-order chi connectivity index (χ1) is 8.51. The van der Waals surface area contributed by atoms with Gasteiger partial charge in [-0.25, -0.2) is 13.1 Å². The van der Waals surface area contributed by atoms with E-state index in [1.54, 1.807) is 0 Å². The number of halogens is 4. The fraction of sp³-hybridized carbons (Fsp3) is 0.400. The number of anilines is 1. The highest BCUT2D eigenvalue weighted by atomic mass is 79.9. The number of rotatable bonds is 4. The third kappa shape index (κ3) is 5.00.